The van der Waals surface area contributed by atoms with Gasteiger partial charge in [0.15, 0.2) is 0 Å². The quantitative estimate of drug-likeness (QED) is 0.452. The van der Waals surface area contributed by atoms with Crippen LogP contribution >= 0.6 is 0 Å². The summed E-state index contributed by atoms with van der Waals surface area (Å²) >= 11 is 0. The van der Waals surface area contributed by atoms with Crippen LogP contribution in [0.15, 0.2) is 36.7 Å². The molecule has 0 bridgehead atoms. The van der Waals surface area contributed by atoms with Gasteiger partial charge in [0.1, 0.15) is 17.8 Å². The average molecular weight is 558 g/mol. The van der Waals surface area contributed by atoms with Crippen LogP contribution in [0.4, 0.5) is 27.7 Å². The molecule has 210 valence electrons. The number of rotatable bonds is 7. The van der Waals surface area contributed by atoms with Crippen LogP contribution in [-0.2, 0) is 10.0 Å². The number of hydrogen-bond acceptors (Lipinski definition) is 9. The van der Waals surface area contributed by atoms with Crippen molar-refractivity contribution in [2.75, 3.05) is 48.1 Å². The molecule has 4 atom stereocenters. The van der Waals surface area contributed by atoms with Crippen molar-refractivity contribution < 1.29 is 17.9 Å². The largest absolute Gasteiger partial charge is 0.390 e. The van der Waals surface area contributed by atoms with E-state index in [2.05, 4.69) is 51.1 Å². The lowest BCUT2D eigenvalue weighted by Crippen LogP contribution is -2.65. The summed E-state index contributed by atoms with van der Waals surface area (Å²) in [6, 6.07) is 7.92. The van der Waals surface area contributed by atoms with E-state index >= 15 is 0 Å². The molecule has 3 aromatic rings. The molecule has 39 heavy (non-hydrogen) atoms. The number of fused-ring (bicyclic) bond motifs is 1. The number of benzene rings is 1. The predicted molar refractivity (Wildman–Crippen MR) is 152 cm³/mol. The highest BCUT2D eigenvalue weighted by atomic mass is 32.2. The van der Waals surface area contributed by atoms with Gasteiger partial charge in [0.25, 0.3) is 0 Å². The molecule has 0 unspecified atom stereocenters. The maximum atomic E-state index is 14.1. The molecule has 12 heteroatoms. The Hall–Kier alpha value is -3.09. The summed E-state index contributed by atoms with van der Waals surface area (Å²) in [4.78, 5) is 17.5. The van der Waals surface area contributed by atoms with E-state index in [0.717, 1.165) is 16.5 Å². The minimum absolute atomic E-state index is 0.0230. The number of nitrogens with one attached hydrogen (secondary N) is 1. The van der Waals surface area contributed by atoms with Gasteiger partial charge in [-0.1, -0.05) is 19.9 Å². The van der Waals surface area contributed by atoms with Gasteiger partial charge in [-0.15, -0.1) is 0 Å². The number of pyridine rings is 1. The number of alkyl halides is 1. The molecule has 0 spiro atoms. The van der Waals surface area contributed by atoms with E-state index in [0.29, 0.717) is 37.1 Å². The zero-order valence-electron chi connectivity index (χ0n) is 22.9. The van der Waals surface area contributed by atoms with Crippen LogP contribution in [0.25, 0.3) is 10.8 Å². The van der Waals surface area contributed by atoms with E-state index in [1.165, 1.54) is 16.1 Å². The minimum atomic E-state index is -3.27. The number of sulfonamides is 1. The Kier molecular flexibility index (Phi) is 7.38. The highest BCUT2D eigenvalue weighted by Gasteiger charge is 2.41. The lowest BCUT2D eigenvalue weighted by Gasteiger charge is -2.51. The Morgan fingerprint density at radius 1 is 1.15 bits per heavy atom. The van der Waals surface area contributed by atoms with Crippen LogP contribution < -0.4 is 15.1 Å². The highest BCUT2D eigenvalue weighted by molar-refractivity contribution is 7.88. The second-order valence-electron chi connectivity index (χ2n) is 10.9. The number of nitrogens with zero attached hydrogens (tertiary/aromatic N) is 6. The molecule has 2 aliphatic heterocycles. The van der Waals surface area contributed by atoms with Gasteiger partial charge in [-0.3, -0.25) is 0 Å². The van der Waals surface area contributed by atoms with E-state index < -0.39 is 22.3 Å². The van der Waals surface area contributed by atoms with E-state index in [1.54, 1.807) is 24.2 Å². The van der Waals surface area contributed by atoms with E-state index in [1.807, 2.05) is 19.2 Å². The number of anilines is 4. The van der Waals surface area contributed by atoms with Gasteiger partial charge in [-0.05, 0) is 48.4 Å². The lowest BCUT2D eigenvalue weighted by atomic mass is 9.92. The van der Waals surface area contributed by atoms with Crippen LogP contribution in [0.1, 0.15) is 38.7 Å². The Balaban J connectivity index is 1.42. The smallest absolute Gasteiger partial charge is 0.227 e. The molecular formula is C27H36FN7O3S. The first-order chi connectivity index (χ1) is 18.4. The Morgan fingerprint density at radius 3 is 2.59 bits per heavy atom. The fourth-order valence-corrected chi connectivity index (χ4v) is 6.15. The van der Waals surface area contributed by atoms with Crippen LogP contribution in [0.2, 0.25) is 0 Å². The average Bonchev–Trinajstić information content (AvgIpc) is 2.88. The normalized spacial score (nSPS) is 23.9. The maximum Gasteiger partial charge on any atom is 0.227 e. The number of halogens is 1. The van der Waals surface area contributed by atoms with Crippen LogP contribution in [-0.4, -0.2) is 90.1 Å². The number of piperidine rings is 1. The zero-order chi connectivity index (χ0) is 28.1. The summed E-state index contributed by atoms with van der Waals surface area (Å²) in [6.07, 6.45) is 2.76. The molecule has 2 aromatic heterocycles. The van der Waals surface area contributed by atoms with Gasteiger partial charge in [-0.2, -0.15) is 9.29 Å². The molecule has 2 N–H and O–H groups in total. The van der Waals surface area contributed by atoms with Gasteiger partial charge >= 0.3 is 0 Å². The van der Waals surface area contributed by atoms with Crippen LogP contribution in [0.3, 0.4) is 0 Å². The lowest BCUT2D eigenvalue weighted by molar-refractivity contribution is 0.0612. The van der Waals surface area contributed by atoms with Crippen molar-refractivity contribution in [1.82, 2.24) is 19.3 Å². The summed E-state index contributed by atoms with van der Waals surface area (Å²) in [5, 5.41) is 15.0. The number of likely N-dealkylation sites (N-methyl/N-ethyl adjacent to an activating group) is 1. The zero-order valence-corrected chi connectivity index (χ0v) is 23.7. The van der Waals surface area contributed by atoms with E-state index in [-0.39, 0.29) is 24.5 Å². The van der Waals surface area contributed by atoms with E-state index in [4.69, 9.17) is 0 Å². The van der Waals surface area contributed by atoms with Crippen molar-refractivity contribution in [3.8, 4) is 0 Å². The van der Waals surface area contributed by atoms with Crippen molar-refractivity contribution in [1.29, 1.82) is 0 Å². The van der Waals surface area contributed by atoms with Gasteiger partial charge in [0, 0.05) is 49.6 Å². The summed E-state index contributed by atoms with van der Waals surface area (Å²) < 4.78 is 39.6. The number of aliphatic hydroxyl groups excluding tert-OH is 1. The molecule has 1 aromatic carbocycles. The van der Waals surface area contributed by atoms with Gasteiger partial charge in [0.2, 0.25) is 16.0 Å². The fraction of sp³-hybridized carbons (Fsp3) is 0.519. The van der Waals surface area contributed by atoms with E-state index in [9.17, 15) is 17.9 Å². The van der Waals surface area contributed by atoms with Crippen molar-refractivity contribution in [3.05, 3.63) is 42.2 Å². The standard InChI is InChI=1S/C27H36FN7O3S/c1-16(2)18-6-7-22(35-15-23(17(35)3)33(4)39(5,37)38)20-13-30-26(12-19(18)20)31-25-8-10-29-27(32-25)34-11-9-24(36)21(28)14-34/h6-8,10,12-13,16-17,21,23-24,36H,9,11,14-15H2,1-5H3,(H,29,30,31,32)/t17-,21+,23+,24-/m1/s1. The molecule has 2 aliphatic rings. The summed E-state index contributed by atoms with van der Waals surface area (Å²) in [5.74, 6) is 1.85. The van der Waals surface area contributed by atoms with Gasteiger partial charge < -0.3 is 20.2 Å². The molecule has 5 rings (SSSR count). The first-order valence-corrected chi connectivity index (χ1v) is 15.1. The second-order valence-corrected chi connectivity index (χ2v) is 12.9. The Morgan fingerprint density at radius 2 is 1.92 bits per heavy atom. The summed E-state index contributed by atoms with van der Waals surface area (Å²) in [6.45, 7) is 7.48. The third-order valence-electron chi connectivity index (χ3n) is 7.95. The molecule has 0 saturated carbocycles. The monoisotopic (exact) mass is 557 g/mol. The fourth-order valence-electron chi connectivity index (χ4n) is 5.42. The topological polar surface area (TPSA) is 115 Å². The van der Waals surface area contributed by atoms with Crippen molar-refractivity contribution in [2.45, 2.75) is 57.5 Å². The van der Waals surface area contributed by atoms with Gasteiger partial charge in [-0.25, -0.2) is 22.8 Å². The summed E-state index contributed by atoms with van der Waals surface area (Å²) in [5.41, 5.74) is 2.21. The highest BCUT2D eigenvalue weighted by Crippen LogP contribution is 2.39. The van der Waals surface area contributed by atoms with Crippen molar-refractivity contribution in [2.24, 2.45) is 0 Å². The third kappa shape index (κ3) is 5.37. The first-order valence-electron chi connectivity index (χ1n) is 13.2. The Bertz CT molecular complexity index is 1470. The number of aromatic nitrogens is 3. The number of hydrogen-bond donors (Lipinski definition) is 2. The SMILES string of the molecule is CC(C)c1ccc(N2C[C@H](N(C)S(C)(=O)=O)[C@H]2C)c2cnc(Nc3ccnc(N4CC[C@@H](O)[C@@H](F)C4)n3)cc12. The molecule has 0 radical (unpaired) electrons. The molecule has 0 aliphatic carbocycles. The molecule has 10 nitrogen and oxygen atoms in total. The van der Waals surface area contributed by atoms with Crippen LogP contribution in [0, 0.1) is 0 Å². The first kappa shape index (κ1) is 27.5. The van der Waals surface area contributed by atoms with Crippen molar-refractivity contribution >= 4 is 44.1 Å². The van der Waals surface area contributed by atoms with Crippen molar-refractivity contribution in [3.63, 3.8) is 0 Å². The minimum Gasteiger partial charge on any atom is -0.390 e. The van der Waals surface area contributed by atoms with Crippen LogP contribution in [0.5, 0.6) is 0 Å². The summed E-state index contributed by atoms with van der Waals surface area (Å²) in [7, 11) is -1.63. The number of aliphatic hydroxyl groups is 1. The molecular weight excluding hydrogens is 521 g/mol. The van der Waals surface area contributed by atoms with Gasteiger partial charge in [0.05, 0.1) is 24.9 Å². The third-order valence-corrected chi connectivity index (χ3v) is 9.27. The maximum absolute atomic E-state index is 14.1. The Labute approximate surface area is 228 Å². The second kappa shape index (κ2) is 10.5. The molecule has 4 heterocycles. The molecule has 2 fully saturated rings. The molecule has 2 saturated heterocycles. The predicted octanol–water partition coefficient (Wildman–Crippen LogP) is 3.27. The molecule has 0 amide bonds.